The van der Waals surface area contributed by atoms with Gasteiger partial charge in [-0.15, -0.1) is 0 Å². The van der Waals surface area contributed by atoms with Gasteiger partial charge >= 0.3 is 0 Å². The van der Waals surface area contributed by atoms with Crippen LogP contribution in [0.25, 0.3) is 0 Å². The van der Waals surface area contributed by atoms with Crippen molar-refractivity contribution in [2.24, 2.45) is 0 Å². The van der Waals surface area contributed by atoms with Crippen molar-refractivity contribution >= 4 is 29.1 Å². The molecule has 0 atom stereocenters. The fourth-order valence-corrected chi connectivity index (χ4v) is 2.30. The molecule has 0 aromatic heterocycles. The normalized spacial score (nSPS) is 10.3. The van der Waals surface area contributed by atoms with Crippen LogP contribution in [-0.2, 0) is 9.53 Å². The van der Waals surface area contributed by atoms with E-state index >= 15 is 0 Å². The van der Waals surface area contributed by atoms with Crippen LogP contribution in [-0.4, -0.2) is 50.6 Å². The lowest BCUT2D eigenvalue weighted by Crippen LogP contribution is -2.23. The number of rotatable bonds is 8. The molecule has 0 spiro atoms. The van der Waals surface area contributed by atoms with Gasteiger partial charge in [0.05, 0.1) is 17.2 Å². The lowest BCUT2D eigenvalue weighted by molar-refractivity contribution is -0.120. The molecule has 6 nitrogen and oxygen atoms in total. The Kier molecular flexibility index (Phi) is 7.44. The van der Waals surface area contributed by atoms with Gasteiger partial charge in [-0.05, 0) is 30.3 Å². The maximum Gasteiger partial charge on any atom is 0.254 e. The van der Waals surface area contributed by atoms with Crippen molar-refractivity contribution in [3.05, 3.63) is 59.1 Å². The van der Waals surface area contributed by atoms with Gasteiger partial charge in [0.2, 0.25) is 5.91 Å². The van der Waals surface area contributed by atoms with E-state index in [1.807, 2.05) is 30.3 Å². The molecule has 2 amide bonds. The van der Waals surface area contributed by atoms with Gasteiger partial charge in [-0.3, -0.25) is 9.59 Å². The Morgan fingerprint density at radius 2 is 1.81 bits per heavy atom. The molecule has 2 rings (SSSR count). The lowest BCUT2D eigenvalue weighted by Gasteiger charge is -2.13. The minimum absolute atomic E-state index is 0.113. The Morgan fingerprint density at radius 3 is 2.50 bits per heavy atom. The highest BCUT2D eigenvalue weighted by molar-refractivity contribution is 6.34. The van der Waals surface area contributed by atoms with E-state index in [2.05, 4.69) is 5.32 Å². The number of hydrogen-bond donors (Lipinski definition) is 1. The van der Waals surface area contributed by atoms with Crippen molar-refractivity contribution < 1.29 is 19.1 Å². The zero-order valence-corrected chi connectivity index (χ0v) is 15.5. The van der Waals surface area contributed by atoms with Crippen LogP contribution in [0.4, 0.5) is 5.69 Å². The van der Waals surface area contributed by atoms with Gasteiger partial charge in [-0.25, -0.2) is 0 Å². The number of ether oxygens (including phenoxy) is 2. The molecule has 2 aromatic carbocycles. The predicted molar refractivity (Wildman–Crippen MR) is 101 cm³/mol. The summed E-state index contributed by atoms with van der Waals surface area (Å²) in [7, 11) is 3.27. The molecule has 0 aliphatic heterocycles. The Morgan fingerprint density at radius 1 is 1.08 bits per heavy atom. The highest BCUT2D eigenvalue weighted by atomic mass is 35.5. The molecule has 7 heteroatoms. The number of amides is 2. The average Bonchev–Trinajstić information content (AvgIpc) is 2.63. The van der Waals surface area contributed by atoms with Crippen molar-refractivity contribution in [2.75, 3.05) is 39.2 Å². The Balaban J connectivity index is 1.77. The van der Waals surface area contributed by atoms with E-state index in [1.165, 1.54) is 4.90 Å². The van der Waals surface area contributed by atoms with E-state index in [-0.39, 0.29) is 25.0 Å². The highest BCUT2D eigenvalue weighted by Gasteiger charge is 2.14. The van der Waals surface area contributed by atoms with Gasteiger partial charge in [0.15, 0.2) is 0 Å². The van der Waals surface area contributed by atoms with Gasteiger partial charge < -0.3 is 19.7 Å². The van der Waals surface area contributed by atoms with Crippen LogP contribution >= 0.6 is 11.6 Å². The average molecular weight is 377 g/mol. The topological polar surface area (TPSA) is 67.9 Å². The zero-order valence-electron chi connectivity index (χ0n) is 14.7. The van der Waals surface area contributed by atoms with Gasteiger partial charge in [-0.2, -0.15) is 0 Å². The van der Waals surface area contributed by atoms with Crippen molar-refractivity contribution in [3.63, 3.8) is 0 Å². The number of hydrogen-bond acceptors (Lipinski definition) is 4. The summed E-state index contributed by atoms with van der Waals surface area (Å²) < 4.78 is 10.8. The number of anilines is 1. The summed E-state index contributed by atoms with van der Waals surface area (Å²) in [6, 6.07) is 14.1. The number of nitrogens with zero attached hydrogens (tertiary/aromatic N) is 1. The van der Waals surface area contributed by atoms with Crippen LogP contribution < -0.4 is 10.1 Å². The number of carbonyl (C=O) groups excluding carboxylic acids is 2. The van der Waals surface area contributed by atoms with Gasteiger partial charge in [-0.1, -0.05) is 29.8 Å². The number of halogens is 1. The first-order valence-electron chi connectivity index (χ1n) is 8.04. The third-order valence-corrected chi connectivity index (χ3v) is 3.69. The molecule has 1 N–H and O–H groups in total. The van der Waals surface area contributed by atoms with Crippen LogP contribution in [0.3, 0.4) is 0 Å². The van der Waals surface area contributed by atoms with Gasteiger partial charge in [0.1, 0.15) is 19.0 Å². The van der Waals surface area contributed by atoms with Crippen LogP contribution in [0, 0.1) is 0 Å². The quantitative estimate of drug-likeness (QED) is 0.719. The van der Waals surface area contributed by atoms with E-state index in [1.54, 1.807) is 32.3 Å². The van der Waals surface area contributed by atoms with Crippen LogP contribution in [0.15, 0.2) is 48.5 Å². The second-order valence-electron chi connectivity index (χ2n) is 5.66. The third-order valence-electron chi connectivity index (χ3n) is 3.36. The molecule has 0 bridgehead atoms. The van der Waals surface area contributed by atoms with Crippen molar-refractivity contribution in [2.45, 2.75) is 0 Å². The fourth-order valence-electron chi connectivity index (χ4n) is 2.10. The monoisotopic (exact) mass is 376 g/mol. The summed E-state index contributed by atoms with van der Waals surface area (Å²) in [5.74, 6) is 0.190. The lowest BCUT2D eigenvalue weighted by atomic mass is 10.1. The summed E-state index contributed by atoms with van der Waals surface area (Å²) >= 11 is 6.04. The number of para-hydroxylation sites is 1. The minimum atomic E-state index is -0.324. The van der Waals surface area contributed by atoms with Gasteiger partial charge in [0, 0.05) is 19.8 Å². The van der Waals surface area contributed by atoms with Crippen molar-refractivity contribution in [3.8, 4) is 5.75 Å². The number of carbonyl (C=O) groups is 2. The Hall–Kier alpha value is -2.57. The number of nitrogens with one attached hydrogen (secondary N) is 1. The standard InChI is InChI=1S/C19H21ClN2O4/c1-22(2)19(24)16-12-14(8-9-17(16)20)21-18(23)13-25-10-11-26-15-6-4-3-5-7-15/h3-9,12H,10-11,13H2,1-2H3,(H,21,23). The molecular weight excluding hydrogens is 356 g/mol. The minimum Gasteiger partial charge on any atom is -0.491 e. The molecule has 138 valence electrons. The Labute approximate surface area is 157 Å². The fraction of sp³-hybridized carbons (Fsp3) is 0.263. The smallest absolute Gasteiger partial charge is 0.254 e. The molecule has 0 radical (unpaired) electrons. The summed E-state index contributed by atoms with van der Waals surface area (Å²) in [5.41, 5.74) is 0.806. The first kappa shape index (κ1) is 19.8. The van der Waals surface area contributed by atoms with Crippen molar-refractivity contribution in [1.82, 2.24) is 4.90 Å². The van der Waals surface area contributed by atoms with Gasteiger partial charge in [0.25, 0.3) is 5.91 Å². The molecule has 0 heterocycles. The van der Waals surface area contributed by atoms with Crippen molar-refractivity contribution in [1.29, 1.82) is 0 Å². The van der Waals surface area contributed by atoms with E-state index in [0.717, 1.165) is 5.75 Å². The molecule has 26 heavy (non-hydrogen) atoms. The summed E-state index contributed by atoms with van der Waals surface area (Å²) in [4.78, 5) is 25.4. The molecule has 2 aromatic rings. The van der Waals surface area contributed by atoms with E-state index < -0.39 is 0 Å². The molecular formula is C19H21ClN2O4. The maximum absolute atomic E-state index is 12.1. The van der Waals surface area contributed by atoms with E-state index in [0.29, 0.717) is 22.9 Å². The van der Waals surface area contributed by atoms with Crippen LogP contribution in [0.5, 0.6) is 5.75 Å². The summed E-state index contributed by atoms with van der Waals surface area (Å²) in [6.45, 7) is 0.519. The summed E-state index contributed by atoms with van der Waals surface area (Å²) in [5, 5.41) is 3.01. The molecule has 0 fully saturated rings. The molecule has 0 aliphatic carbocycles. The Bertz CT molecular complexity index is 750. The second-order valence-corrected chi connectivity index (χ2v) is 6.06. The first-order valence-corrected chi connectivity index (χ1v) is 8.42. The largest absolute Gasteiger partial charge is 0.491 e. The summed E-state index contributed by atoms with van der Waals surface area (Å²) in [6.07, 6.45) is 0. The number of benzene rings is 2. The molecule has 0 saturated carbocycles. The van der Waals surface area contributed by atoms with Crippen LogP contribution in [0.1, 0.15) is 10.4 Å². The van der Waals surface area contributed by atoms with E-state index in [4.69, 9.17) is 21.1 Å². The predicted octanol–water partition coefficient (Wildman–Crippen LogP) is 3.08. The molecule has 0 saturated heterocycles. The van der Waals surface area contributed by atoms with Crippen LogP contribution in [0.2, 0.25) is 5.02 Å². The van der Waals surface area contributed by atoms with E-state index in [9.17, 15) is 9.59 Å². The molecule has 0 unspecified atom stereocenters. The zero-order chi connectivity index (χ0) is 18.9. The second kappa shape index (κ2) is 9.79. The highest BCUT2D eigenvalue weighted by Crippen LogP contribution is 2.21. The third kappa shape index (κ3) is 6.06. The maximum atomic E-state index is 12.1. The SMILES string of the molecule is CN(C)C(=O)c1cc(NC(=O)COCCOc2ccccc2)ccc1Cl. The molecule has 0 aliphatic rings. The first-order chi connectivity index (χ1) is 12.5.